The highest BCUT2D eigenvalue weighted by molar-refractivity contribution is 6.13. The van der Waals surface area contributed by atoms with E-state index in [1.165, 1.54) is 0 Å². The van der Waals surface area contributed by atoms with Gasteiger partial charge in [-0.1, -0.05) is 6.92 Å². The number of likely N-dealkylation sites (N-methyl/N-ethyl adjacent to an activating group) is 1. The van der Waals surface area contributed by atoms with Crippen molar-refractivity contribution in [2.24, 2.45) is 0 Å². The van der Waals surface area contributed by atoms with Gasteiger partial charge < -0.3 is 20.4 Å². The molecular weight excluding hydrogens is 356 g/mol. The Morgan fingerprint density at radius 3 is 3.04 bits per heavy atom. The Morgan fingerprint density at radius 1 is 1.38 bits per heavy atom. The number of nitrogens with one attached hydrogen (secondary N) is 3. The van der Waals surface area contributed by atoms with Crippen molar-refractivity contribution in [1.82, 2.24) is 15.3 Å². The quantitative estimate of drug-likeness (QED) is 0.643. The maximum absolute atomic E-state index is 12.6. The monoisotopic (exact) mass is 378 g/mol. The Hall–Kier alpha value is -2.38. The molecule has 2 aromatic rings. The molecule has 0 unspecified atom stereocenters. The fraction of sp³-hybridized carbons (Fsp3) is 0.389. The summed E-state index contributed by atoms with van der Waals surface area (Å²) in [6.45, 7) is 4.09. The third-order valence-corrected chi connectivity index (χ3v) is 4.13. The number of hydrogen-bond acceptors (Lipinski definition) is 5. The summed E-state index contributed by atoms with van der Waals surface area (Å²) >= 11 is 0. The zero-order chi connectivity index (χ0) is 17.6. The minimum absolute atomic E-state index is 0. The van der Waals surface area contributed by atoms with Crippen molar-refractivity contribution in [3.63, 3.8) is 0 Å². The van der Waals surface area contributed by atoms with Crippen LogP contribution in [0.25, 0.3) is 0 Å². The molecule has 0 aliphatic heterocycles. The first-order valence-electron chi connectivity index (χ1n) is 8.53. The molecule has 140 valence electrons. The lowest BCUT2D eigenvalue weighted by Crippen LogP contribution is -2.21. The molecule has 1 aliphatic carbocycles. The second kappa shape index (κ2) is 9.35. The molecule has 0 radical (unpaired) electrons. The van der Waals surface area contributed by atoms with Gasteiger partial charge in [-0.25, -0.2) is 0 Å². The highest BCUT2D eigenvalue weighted by atomic mass is 35.5. The average Bonchev–Trinajstić information content (AvgIpc) is 3.06. The van der Waals surface area contributed by atoms with Gasteiger partial charge in [0.05, 0.1) is 17.3 Å². The third kappa shape index (κ3) is 4.42. The summed E-state index contributed by atoms with van der Waals surface area (Å²) in [5.41, 5.74) is 2.22. The lowest BCUT2D eigenvalue weighted by Gasteiger charge is -2.14. The lowest BCUT2D eigenvalue weighted by atomic mass is 9.93. The lowest BCUT2D eigenvalue weighted by molar-refractivity contribution is 0.0956. The first-order valence-corrected chi connectivity index (χ1v) is 8.53. The summed E-state index contributed by atoms with van der Waals surface area (Å²) in [6.07, 6.45) is 6.85. The SMILES string of the molecule is CCNCCOc1ccncc1NC(=O)c1c[nH]c2c1C(=O)CCC2.Cl. The van der Waals surface area contributed by atoms with Gasteiger partial charge in [-0.3, -0.25) is 14.6 Å². The Bertz CT molecular complexity index is 776. The van der Waals surface area contributed by atoms with E-state index in [-0.39, 0.29) is 24.1 Å². The van der Waals surface area contributed by atoms with Gasteiger partial charge in [-0.15, -0.1) is 12.4 Å². The Kier molecular flexibility index (Phi) is 7.17. The van der Waals surface area contributed by atoms with E-state index < -0.39 is 0 Å². The number of aromatic amines is 1. The van der Waals surface area contributed by atoms with Crippen molar-refractivity contribution in [1.29, 1.82) is 0 Å². The highest BCUT2D eigenvalue weighted by Gasteiger charge is 2.26. The number of ketones is 1. The molecule has 0 atom stereocenters. The maximum Gasteiger partial charge on any atom is 0.258 e. The standard InChI is InChI=1S/C18H22N4O3.ClH/c1-2-19-8-9-25-16-6-7-20-11-14(16)22-18(24)12-10-21-13-4-3-5-15(23)17(12)13;/h6-7,10-11,19,21H,2-5,8-9H2,1H3,(H,22,24);1H. The molecule has 0 bridgehead atoms. The number of aromatic nitrogens is 2. The molecule has 2 heterocycles. The summed E-state index contributed by atoms with van der Waals surface area (Å²) in [7, 11) is 0. The van der Waals surface area contributed by atoms with Crippen LogP contribution in [0.15, 0.2) is 24.7 Å². The van der Waals surface area contributed by atoms with Gasteiger partial charge in [0.1, 0.15) is 18.0 Å². The average molecular weight is 379 g/mol. The maximum atomic E-state index is 12.6. The first kappa shape index (κ1) is 19.9. The molecule has 7 nitrogen and oxygen atoms in total. The van der Waals surface area contributed by atoms with E-state index in [4.69, 9.17) is 4.74 Å². The molecule has 2 aromatic heterocycles. The molecule has 1 aliphatic rings. The van der Waals surface area contributed by atoms with Gasteiger partial charge in [-0.2, -0.15) is 0 Å². The van der Waals surface area contributed by atoms with Gasteiger partial charge in [0.25, 0.3) is 5.91 Å². The van der Waals surface area contributed by atoms with E-state index in [1.54, 1.807) is 24.7 Å². The van der Waals surface area contributed by atoms with Crippen molar-refractivity contribution < 1.29 is 14.3 Å². The number of aryl methyl sites for hydroxylation is 1. The number of ether oxygens (including phenoxy) is 1. The van der Waals surface area contributed by atoms with E-state index in [9.17, 15) is 9.59 Å². The molecule has 0 saturated carbocycles. The highest BCUT2D eigenvalue weighted by Crippen LogP contribution is 2.27. The Labute approximate surface area is 158 Å². The van der Waals surface area contributed by atoms with E-state index in [0.29, 0.717) is 42.1 Å². The predicted molar refractivity (Wildman–Crippen MR) is 102 cm³/mol. The predicted octanol–water partition coefficient (Wildman–Crippen LogP) is 2.59. The topological polar surface area (TPSA) is 96.1 Å². The number of fused-ring (bicyclic) bond motifs is 1. The Balaban J connectivity index is 0.00000243. The van der Waals surface area contributed by atoms with Crippen LogP contribution in [-0.2, 0) is 6.42 Å². The molecule has 0 aromatic carbocycles. The summed E-state index contributed by atoms with van der Waals surface area (Å²) in [4.78, 5) is 31.9. The van der Waals surface area contributed by atoms with Crippen LogP contribution in [0.5, 0.6) is 5.75 Å². The van der Waals surface area contributed by atoms with E-state index in [1.807, 2.05) is 6.92 Å². The van der Waals surface area contributed by atoms with E-state index in [0.717, 1.165) is 25.1 Å². The van der Waals surface area contributed by atoms with Crippen LogP contribution >= 0.6 is 12.4 Å². The number of halogens is 1. The number of rotatable bonds is 7. The van der Waals surface area contributed by atoms with Gasteiger partial charge in [0, 0.05) is 37.1 Å². The number of pyridine rings is 1. The van der Waals surface area contributed by atoms with Crippen LogP contribution in [0.2, 0.25) is 0 Å². The van der Waals surface area contributed by atoms with E-state index in [2.05, 4.69) is 20.6 Å². The zero-order valence-electron chi connectivity index (χ0n) is 14.6. The van der Waals surface area contributed by atoms with Crippen molar-refractivity contribution in [2.75, 3.05) is 25.0 Å². The number of anilines is 1. The molecule has 8 heteroatoms. The second-order valence-corrected chi connectivity index (χ2v) is 5.86. The van der Waals surface area contributed by atoms with Crippen LogP contribution < -0.4 is 15.4 Å². The third-order valence-electron chi connectivity index (χ3n) is 4.13. The van der Waals surface area contributed by atoms with Crippen LogP contribution in [0.1, 0.15) is 46.2 Å². The largest absolute Gasteiger partial charge is 0.490 e. The van der Waals surface area contributed by atoms with Crippen molar-refractivity contribution >= 4 is 29.8 Å². The molecular formula is C18H23ClN4O3. The molecule has 0 spiro atoms. The summed E-state index contributed by atoms with van der Waals surface area (Å²) in [5, 5.41) is 5.98. The summed E-state index contributed by atoms with van der Waals surface area (Å²) in [5.74, 6) is 0.232. The fourth-order valence-corrected chi connectivity index (χ4v) is 2.91. The summed E-state index contributed by atoms with van der Waals surface area (Å²) in [6, 6.07) is 1.71. The normalized spacial score (nSPS) is 12.9. The van der Waals surface area contributed by atoms with Gasteiger partial charge in [0.2, 0.25) is 0 Å². The molecule has 26 heavy (non-hydrogen) atoms. The van der Waals surface area contributed by atoms with Crippen LogP contribution in [-0.4, -0.2) is 41.4 Å². The van der Waals surface area contributed by atoms with Crippen molar-refractivity contribution in [3.05, 3.63) is 41.5 Å². The van der Waals surface area contributed by atoms with Crippen LogP contribution in [0, 0.1) is 0 Å². The van der Waals surface area contributed by atoms with Crippen molar-refractivity contribution in [2.45, 2.75) is 26.2 Å². The van der Waals surface area contributed by atoms with Gasteiger partial charge >= 0.3 is 0 Å². The number of carbonyl (C=O) groups excluding carboxylic acids is 2. The number of H-pyrrole nitrogens is 1. The second-order valence-electron chi connectivity index (χ2n) is 5.86. The zero-order valence-corrected chi connectivity index (χ0v) is 15.4. The van der Waals surface area contributed by atoms with Crippen molar-refractivity contribution in [3.8, 4) is 5.75 Å². The number of carbonyl (C=O) groups is 2. The van der Waals surface area contributed by atoms with Crippen LogP contribution in [0.4, 0.5) is 5.69 Å². The smallest absolute Gasteiger partial charge is 0.258 e. The van der Waals surface area contributed by atoms with Gasteiger partial charge in [-0.05, 0) is 19.4 Å². The summed E-state index contributed by atoms with van der Waals surface area (Å²) < 4.78 is 5.70. The fourth-order valence-electron chi connectivity index (χ4n) is 2.91. The Morgan fingerprint density at radius 2 is 2.23 bits per heavy atom. The molecule has 0 fully saturated rings. The minimum atomic E-state index is -0.336. The molecule has 3 N–H and O–H groups in total. The number of hydrogen-bond donors (Lipinski definition) is 3. The van der Waals surface area contributed by atoms with Crippen LogP contribution in [0.3, 0.4) is 0 Å². The molecule has 1 amide bonds. The van der Waals surface area contributed by atoms with Gasteiger partial charge in [0.15, 0.2) is 5.78 Å². The number of Topliss-reactive ketones (excluding diaryl/α,β-unsaturated/α-hetero) is 1. The number of nitrogens with zero attached hydrogens (tertiary/aromatic N) is 1. The number of amides is 1. The molecule has 0 saturated heterocycles. The van der Waals surface area contributed by atoms with E-state index >= 15 is 0 Å². The molecule has 3 rings (SSSR count). The first-order chi connectivity index (χ1) is 12.2. The minimum Gasteiger partial charge on any atom is -0.490 e.